The highest BCUT2D eigenvalue weighted by atomic mass is 32.2. The number of benzene rings is 1. The van der Waals surface area contributed by atoms with Gasteiger partial charge in [-0.2, -0.15) is 11.8 Å². The molecule has 1 aliphatic heterocycles. The predicted molar refractivity (Wildman–Crippen MR) is 218 cm³/mol. The molecule has 7 atom stereocenters. The summed E-state index contributed by atoms with van der Waals surface area (Å²) in [6, 6.07) is 9.68. The first kappa shape index (κ1) is 46.5. The molecule has 1 aromatic carbocycles. The quantitative estimate of drug-likeness (QED) is 0.124. The number of hydrogen-bond donors (Lipinski definition) is 2. The first-order valence-corrected chi connectivity index (χ1v) is 21.1. The lowest BCUT2D eigenvalue weighted by atomic mass is 9.68. The number of nitrogens with two attached hydrogens (primary N) is 1. The molecule has 0 aromatic heterocycles. The van der Waals surface area contributed by atoms with Crippen LogP contribution >= 0.6 is 11.8 Å². The van der Waals surface area contributed by atoms with Crippen LogP contribution in [-0.2, 0) is 30.3 Å². The number of primary amides is 1. The van der Waals surface area contributed by atoms with E-state index in [1.54, 1.807) is 24.0 Å². The van der Waals surface area contributed by atoms with Gasteiger partial charge in [0.1, 0.15) is 5.54 Å². The van der Waals surface area contributed by atoms with Gasteiger partial charge in [-0.1, -0.05) is 98.1 Å². The number of nitrogens with one attached hydrogen (secondary N) is 1. The minimum absolute atomic E-state index is 0.00623. The van der Waals surface area contributed by atoms with E-state index in [2.05, 4.69) is 38.2 Å². The summed E-state index contributed by atoms with van der Waals surface area (Å²) in [4.78, 5) is 61.2. The maximum absolute atomic E-state index is 14.7. The van der Waals surface area contributed by atoms with E-state index in [9.17, 15) is 19.2 Å². The van der Waals surface area contributed by atoms with Crippen LogP contribution in [0.25, 0.3) is 0 Å². The molecular formula is C42H73N5O5S. The van der Waals surface area contributed by atoms with Gasteiger partial charge in [0.05, 0.1) is 24.5 Å². The van der Waals surface area contributed by atoms with Crippen LogP contribution in [0.15, 0.2) is 30.3 Å². The molecule has 7 unspecified atom stereocenters. The second-order valence-electron chi connectivity index (χ2n) is 16.0. The van der Waals surface area contributed by atoms with Gasteiger partial charge in [0.15, 0.2) is 0 Å². The number of nitrogens with zero attached hydrogens (tertiary/aromatic N) is 3. The summed E-state index contributed by atoms with van der Waals surface area (Å²) in [7, 11) is 7.02. The van der Waals surface area contributed by atoms with E-state index in [4.69, 9.17) is 10.5 Å². The molecule has 10 nitrogen and oxygen atoms in total. The SMILES string of the molecule is CCCCCSC(CC(=O)NCCc1ccccc1)C1CCCN1C(=O)CC(OC)C(C(C)CC)N(C)C(=O)C(C(C)C)C(C(N)=O)(C(C)C)N(C)C. The zero-order valence-electron chi connectivity index (χ0n) is 34.9. The van der Waals surface area contributed by atoms with E-state index in [1.807, 2.05) is 76.7 Å². The van der Waals surface area contributed by atoms with Crippen molar-refractivity contribution in [3.63, 3.8) is 0 Å². The Morgan fingerprint density at radius 3 is 2.21 bits per heavy atom. The van der Waals surface area contributed by atoms with Gasteiger partial charge in [-0.3, -0.25) is 24.1 Å². The van der Waals surface area contributed by atoms with Crippen LogP contribution < -0.4 is 11.1 Å². The van der Waals surface area contributed by atoms with Gasteiger partial charge in [0.2, 0.25) is 23.6 Å². The Balaban J connectivity index is 2.34. The van der Waals surface area contributed by atoms with Crippen LogP contribution in [-0.4, -0.2) is 114 Å². The highest BCUT2D eigenvalue weighted by Crippen LogP contribution is 2.39. The number of likely N-dealkylation sites (N-methyl/N-ethyl adjacent to an activating group) is 2. The molecule has 4 amide bonds. The molecule has 3 N–H and O–H groups in total. The van der Waals surface area contributed by atoms with Crippen LogP contribution in [0.2, 0.25) is 0 Å². The van der Waals surface area contributed by atoms with Crippen molar-refractivity contribution in [1.29, 1.82) is 0 Å². The molecule has 11 heteroatoms. The zero-order valence-corrected chi connectivity index (χ0v) is 35.7. The van der Waals surface area contributed by atoms with Crippen LogP contribution in [0.4, 0.5) is 0 Å². The minimum Gasteiger partial charge on any atom is -0.379 e. The number of carbonyl (C=O) groups excluding carboxylic acids is 4. The average Bonchev–Trinajstić information content (AvgIpc) is 3.61. The zero-order chi connectivity index (χ0) is 39.9. The third-order valence-corrected chi connectivity index (χ3v) is 13.0. The number of rotatable bonds is 24. The highest BCUT2D eigenvalue weighted by molar-refractivity contribution is 8.00. The Bertz CT molecular complexity index is 1270. The number of amides is 4. The number of unbranched alkanes of at least 4 members (excludes halogenated alkanes) is 2. The maximum Gasteiger partial charge on any atom is 0.239 e. The molecule has 53 heavy (non-hydrogen) atoms. The van der Waals surface area contributed by atoms with Gasteiger partial charge in [0.25, 0.3) is 0 Å². The molecule has 0 bridgehead atoms. The smallest absolute Gasteiger partial charge is 0.239 e. The number of thioether (sulfide) groups is 1. The number of methoxy groups -OCH3 is 1. The van der Waals surface area contributed by atoms with Crippen LogP contribution in [0, 0.1) is 23.7 Å². The van der Waals surface area contributed by atoms with E-state index in [-0.39, 0.29) is 53.2 Å². The van der Waals surface area contributed by atoms with Crippen molar-refractivity contribution in [3.8, 4) is 0 Å². The van der Waals surface area contributed by atoms with Crippen molar-refractivity contribution in [1.82, 2.24) is 20.0 Å². The molecule has 1 saturated heterocycles. The molecule has 2 rings (SSSR count). The molecule has 1 aromatic rings. The van der Waals surface area contributed by atoms with Gasteiger partial charge in [-0.25, -0.2) is 0 Å². The number of carbonyl (C=O) groups is 4. The Morgan fingerprint density at radius 1 is 1.02 bits per heavy atom. The molecule has 1 aliphatic rings. The summed E-state index contributed by atoms with van der Waals surface area (Å²) >= 11 is 1.82. The first-order chi connectivity index (χ1) is 25.1. The monoisotopic (exact) mass is 760 g/mol. The predicted octanol–water partition coefficient (Wildman–Crippen LogP) is 6.01. The number of ether oxygens (including phenoxy) is 1. The van der Waals surface area contributed by atoms with Gasteiger partial charge in [-0.05, 0) is 68.8 Å². The lowest BCUT2D eigenvalue weighted by Crippen LogP contribution is -2.68. The molecule has 0 radical (unpaired) electrons. The van der Waals surface area contributed by atoms with Gasteiger partial charge >= 0.3 is 0 Å². The van der Waals surface area contributed by atoms with Crippen molar-refractivity contribution in [3.05, 3.63) is 35.9 Å². The standard InChI is InChI=1S/C42H73N5O5S/c1-12-14-18-26-53-35(28-36(48)44-24-23-32-20-16-15-17-21-32)33-22-19-25-47(33)37(49)27-34(52-11)39(31(7)13-2)46(10)40(50)38(29(3)4)42(30(5)6,41(43)51)45(8)9/h15-17,20-21,29-31,33-35,38-39H,12-14,18-19,22-28H2,1-11H3,(H2,43,51)(H,44,48). The number of hydrogen-bond acceptors (Lipinski definition) is 7. The van der Waals surface area contributed by atoms with Gasteiger partial charge in [-0.15, -0.1) is 0 Å². The lowest BCUT2D eigenvalue weighted by Gasteiger charge is -2.49. The van der Waals surface area contributed by atoms with Crippen molar-refractivity contribution in [2.75, 3.05) is 47.1 Å². The molecule has 0 aliphatic carbocycles. The summed E-state index contributed by atoms with van der Waals surface area (Å²) in [6.45, 7) is 15.4. The second kappa shape index (κ2) is 22.7. The van der Waals surface area contributed by atoms with Crippen LogP contribution in [0.3, 0.4) is 0 Å². The topological polar surface area (TPSA) is 125 Å². The third kappa shape index (κ3) is 12.2. The van der Waals surface area contributed by atoms with Crippen molar-refractivity contribution in [2.24, 2.45) is 29.4 Å². The van der Waals surface area contributed by atoms with E-state index in [0.717, 1.165) is 50.7 Å². The molecule has 0 spiro atoms. The molecule has 302 valence electrons. The lowest BCUT2D eigenvalue weighted by molar-refractivity contribution is -0.159. The maximum atomic E-state index is 14.7. The van der Waals surface area contributed by atoms with E-state index in [1.165, 1.54) is 5.56 Å². The van der Waals surface area contributed by atoms with E-state index in [0.29, 0.717) is 19.5 Å². The molecule has 1 fully saturated rings. The molecule has 0 saturated carbocycles. The van der Waals surface area contributed by atoms with E-state index >= 15 is 0 Å². The summed E-state index contributed by atoms with van der Waals surface area (Å²) < 4.78 is 6.13. The highest BCUT2D eigenvalue weighted by Gasteiger charge is 2.55. The average molecular weight is 760 g/mol. The summed E-state index contributed by atoms with van der Waals surface area (Å²) in [5, 5.41) is 3.12. The van der Waals surface area contributed by atoms with Crippen molar-refractivity contribution < 1.29 is 23.9 Å². The van der Waals surface area contributed by atoms with Crippen LogP contribution in [0.5, 0.6) is 0 Å². The Hall–Kier alpha value is -2.63. The van der Waals surface area contributed by atoms with Crippen LogP contribution in [0.1, 0.15) is 105 Å². The largest absolute Gasteiger partial charge is 0.379 e. The Labute approximate surface area is 326 Å². The van der Waals surface area contributed by atoms with Gasteiger partial charge in [0, 0.05) is 45.0 Å². The fourth-order valence-corrected chi connectivity index (χ4v) is 10.1. The molecular weight excluding hydrogens is 687 g/mol. The van der Waals surface area contributed by atoms with Gasteiger partial charge < -0.3 is 25.6 Å². The Morgan fingerprint density at radius 2 is 1.68 bits per heavy atom. The van der Waals surface area contributed by atoms with Crippen molar-refractivity contribution >= 4 is 35.4 Å². The summed E-state index contributed by atoms with van der Waals surface area (Å²) in [5.74, 6) is -0.873. The molecule has 1 heterocycles. The fourth-order valence-electron chi connectivity index (χ4n) is 8.66. The fraction of sp³-hybridized carbons (Fsp3) is 0.762. The van der Waals surface area contributed by atoms with Crippen molar-refractivity contribution in [2.45, 2.75) is 135 Å². The first-order valence-electron chi connectivity index (χ1n) is 20.1. The second-order valence-corrected chi connectivity index (χ2v) is 17.3. The normalized spacial score (nSPS) is 18.8. The minimum atomic E-state index is -1.21. The summed E-state index contributed by atoms with van der Waals surface area (Å²) in [6.07, 6.45) is 6.52. The summed E-state index contributed by atoms with van der Waals surface area (Å²) in [5.41, 5.74) is 6.12. The Kier molecular flexibility index (Phi) is 19.9. The third-order valence-electron chi connectivity index (χ3n) is 11.6. The number of likely N-dealkylation sites (tertiary alicyclic amines) is 1. The van der Waals surface area contributed by atoms with E-state index < -0.39 is 29.5 Å².